The second-order valence-electron chi connectivity index (χ2n) is 14.1. The number of unbranched alkanes of at least 4 members (excludes halogenated alkanes) is 1. The van der Waals surface area contributed by atoms with Gasteiger partial charge in [0, 0.05) is 36.6 Å². The highest BCUT2D eigenvalue weighted by Gasteiger charge is 2.42. The number of hydrogen-bond acceptors (Lipinski definition) is 12. The molecule has 0 saturated carbocycles. The van der Waals surface area contributed by atoms with E-state index >= 15 is 0 Å². The molecule has 2 heterocycles. The molecule has 0 unspecified atom stereocenters. The van der Waals surface area contributed by atoms with Gasteiger partial charge in [-0.05, 0) is 37.2 Å². The van der Waals surface area contributed by atoms with E-state index in [1.54, 1.807) is 0 Å². The lowest BCUT2D eigenvalue weighted by Gasteiger charge is -2.24. The van der Waals surface area contributed by atoms with Crippen molar-refractivity contribution in [1.29, 1.82) is 0 Å². The summed E-state index contributed by atoms with van der Waals surface area (Å²) in [6.07, 6.45) is 2.56. The molecule has 2 aliphatic rings. The minimum atomic E-state index is -1.45. The molecule has 312 valence electrons. The molecule has 1 aromatic rings. The first-order valence-electron chi connectivity index (χ1n) is 19.5. The molecule has 55 heavy (non-hydrogen) atoms. The fourth-order valence-electron chi connectivity index (χ4n) is 6.13. The molecule has 5 amide bonds. The van der Waals surface area contributed by atoms with Crippen LogP contribution in [0.4, 0.5) is 4.79 Å². The highest BCUT2D eigenvalue weighted by molar-refractivity contribution is 8.00. The Kier molecular flexibility index (Phi) is 23.2. The number of rotatable bonds is 31. The summed E-state index contributed by atoms with van der Waals surface area (Å²) >= 11 is 1.89. The summed E-state index contributed by atoms with van der Waals surface area (Å²) in [6, 6.07) is 8.12. The Bertz CT molecular complexity index is 1250. The van der Waals surface area contributed by atoms with Crippen LogP contribution in [0.25, 0.3) is 0 Å². The molecule has 6 atom stereocenters. The summed E-state index contributed by atoms with van der Waals surface area (Å²) in [7, 11) is 0. The van der Waals surface area contributed by atoms with Gasteiger partial charge in [0.25, 0.3) is 5.91 Å². The van der Waals surface area contributed by atoms with E-state index in [9.17, 15) is 24.3 Å². The molecule has 17 heteroatoms. The molecular formula is C38H64N6O10S. The zero-order valence-electron chi connectivity index (χ0n) is 32.5. The highest BCUT2D eigenvalue weighted by atomic mass is 32.2. The number of thioether (sulfide) groups is 1. The van der Waals surface area contributed by atoms with Gasteiger partial charge in [0.2, 0.25) is 11.8 Å². The first-order chi connectivity index (χ1) is 26.6. The molecule has 16 nitrogen and oxygen atoms in total. The highest BCUT2D eigenvalue weighted by Crippen LogP contribution is 2.33. The number of amides is 5. The molecule has 0 bridgehead atoms. The maximum atomic E-state index is 12.8. The quantitative estimate of drug-likeness (QED) is 0.0404. The number of fused-ring (bicyclic) bond motifs is 1. The van der Waals surface area contributed by atoms with Crippen molar-refractivity contribution < 1.29 is 48.0 Å². The van der Waals surface area contributed by atoms with Gasteiger partial charge in [-0.25, -0.2) is 4.79 Å². The van der Waals surface area contributed by atoms with Gasteiger partial charge in [-0.3, -0.25) is 14.4 Å². The number of nitrogens with one attached hydrogen (secondary N) is 5. The number of hydrogen-bond donors (Lipinski definition) is 7. The SMILES string of the molecule is CC(C)C[C@H](NC(=O)[C@@H](O)[C@H](N)Cc1ccccc1)C(=O)NCCOCCOCCOCCOCCOCCNC(=O)CCCC[C@@H]1SC[C@@H]2NC(=O)N[C@@H]21. The second kappa shape index (κ2) is 27.5. The van der Waals surface area contributed by atoms with E-state index in [0.717, 1.165) is 30.6 Å². The fraction of sp³-hybridized carbons (Fsp3) is 0.737. The lowest BCUT2D eigenvalue weighted by molar-refractivity contribution is -0.135. The van der Waals surface area contributed by atoms with Gasteiger partial charge < -0.3 is 61.1 Å². The molecule has 0 aromatic heterocycles. The van der Waals surface area contributed by atoms with E-state index in [1.807, 2.05) is 55.9 Å². The topological polar surface area (TPSA) is 221 Å². The average Bonchev–Trinajstić information content (AvgIpc) is 3.72. The van der Waals surface area contributed by atoms with Crippen LogP contribution in [0.5, 0.6) is 0 Å². The fourth-order valence-corrected chi connectivity index (χ4v) is 7.67. The summed E-state index contributed by atoms with van der Waals surface area (Å²) in [5.41, 5.74) is 6.99. The van der Waals surface area contributed by atoms with E-state index in [2.05, 4.69) is 26.6 Å². The summed E-state index contributed by atoms with van der Waals surface area (Å²) in [4.78, 5) is 49.1. The Morgan fingerprint density at radius 2 is 1.42 bits per heavy atom. The minimum Gasteiger partial charge on any atom is -0.382 e. The van der Waals surface area contributed by atoms with Crippen molar-refractivity contribution in [3.8, 4) is 0 Å². The lowest BCUT2D eigenvalue weighted by atomic mass is 10.00. The van der Waals surface area contributed by atoms with Crippen LogP contribution in [-0.2, 0) is 44.5 Å². The molecule has 2 fully saturated rings. The summed E-state index contributed by atoms with van der Waals surface area (Å²) in [5, 5.41) is 25.2. The Morgan fingerprint density at radius 1 is 0.836 bits per heavy atom. The number of benzene rings is 1. The molecule has 0 radical (unpaired) electrons. The van der Waals surface area contributed by atoms with Crippen LogP contribution >= 0.6 is 11.8 Å². The van der Waals surface area contributed by atoms with Gasteiger partial charge >= 0.3 is 6.03 Å². The number of carbonyl (C=O) groups excluding carboxylic acids is 4. The van der Waals surface area contributed by atoms with Crippen molar-refractivity contribution in [2.24, 2.45) is 11.7 Å². The van der Waals surface area contributed by atoms with E-state index in [1.165, 1.54) is 0 Å². The van der Waals surface area contributed by atoms with Crippen LogP contribution in [0.3, 0.4) is 0 Å². The Balaban J connectivity index is 1.05. The summed E-state index contributed by atoms with van der Waals surface area (Å²) in [5.74, 6) is 0.0818. The maximum Gasteiger partial charge on any atom is 0.315 e. The zero-order chi connectivity index (χ0) is 39.7. The molecule has 2 aliphatic heterocycles. The van der Waals surface area contributed by atoms with Crippen molar-refractivity contribution in [1.82, 2.24) is 26.6 Å². The van der Waals surface area contributed by atoms with Crippen molar-refractivity contribution in [3.05, 3.63) is 35.9 Å². The molecule has 2 saturated heterocycles. The van der Waals surface area contributed by atoms with Gasteiger partial charge in [0.05, 0.1) is 78.2 Å². The third kappa shape index (κ3) is 19.6. The minimum absolute atomic E-state index is 0.0255. The van der Waals surface area contributed by atoms with Crippen molar-refractivity contribution in [2.45, 2.75) is 87.9 Å². The largest absolute Gasteiger partial charge is 0.382 e. The molecule has 1 aromatic carbocycles. The van der Waals surface area contributed by atoms with E-state index < -0.39 is 24.1 Å². The van der Waals surface area contributed by atoms with Crippen LogP contribution in [0.2, 0.25) is 0 Å². The third-order valence-corrected chi connectivity index (χ3v) is 10.5. The molecule has 8 N–H and O–H groups in total. The van der Waals surface area contributed by atoms with E-state index in [0.29, 0.717) is 90.5 Å². The molecule has 3 rings (SSSR count). The lowest BCUT2D eigenvalue weighted by Crippen LogP contribution is -2.54. The molecular weight excluding hydrogens is 733 g/mol. The van der Waals surface area contributed by atoms with E-state index in [-0.39, 0.29) is 49.0 Å². The van der Waals surface area contributed by atoms with Crippen LogP contribution in [-0.4, -0.2) is 149 Å². The van der Waals surface area contributed by atoms with Crippen molar-refractivity contribution in [2.75, 3.05) is 84.9 Å². The summed E-state index contributed by atoms with van der Waals surface area (Å²) < 4.78 is 27.5. The van der Waals surface area contributed by atoms with Crippen LogP contribution in [0.1, 0.15) is 51.5 Å². The smallest absolute Gasteiger partial charge is 0.315 e. The van der Waals surface area contributed by atoms with Gasteiger partial charge in [0.1, 0.15) is 12.1 Å². The standard InChI is InChI=1S/C38H64N6O10S/c1-27(2)24-30(42-37(48)35(46)29(39)25-28-8-4-3-5-9-28)36(47)41-13-15-51-17-19-53-21-23-54-22-20-52-18-16-50-14-12-40-33(45)11-7-6-10-32-34-31(26-55-32)43-38(49)44-34/h3-5,8-9,27,29-32,34-35,46H,6-7,10-26,39H2,1-2H3,(H,40,45)(H,41,47)(H,42,48)(H2,43,44,49)/t29-,30+,31+,32+,34+,35+/m1/s1. The van der Waals surface area contributed by atoms with Gasteiger partial charge in [0.15, 0.2) is 0 Å². The first kappa shape index (κ1) is 46.4. The first-order valence-corrected chi connectivity index (χ1v) is 20.6. The van der Waals surface area contributed by atoms with Crippen molar-refractivity contribution in [3.63, 3.8) is 0 Å². The van der Waals surface area contributed by atoms with Crippen LogP contribution in [0.15, 0.2) is 30.3 Å². The number of ether oxygens (including phenoxy) is 5. The number of urea groups is 1. The number of aliphatic hydroxyl groups excluding tert-OH is 1. The van der Waals surface area contributed by atoms with Crippen LogP contribution < -0.4 is 32.3 Å². The second-order valence-corrected chi connectivity index (χ2v) is 15.3. The Hall–Kier alpha value is -3.03. The zero-order valence-corrected chi connectivity index (χ0v) is 33.3. The molecule has 0 aliphatic carbocycles. The predicted molar refractivity (Wildman–Crippen MR) is 210 cm³/mol. The average molecular weight is 797 g/mol. The number of nitrogens with two attached hydrogens (primary N) is 1. The van der Waals surface area contributed by atoms with Crippen LogP contribution in [0, 0.1) is 5.92 Å². The van der Waals surface area contributed by atoms with Gasteiger partial charge in [-0.1, -0.05) is 50.6 Å². The number of aliphatic hydroxyl groups is 1. The Labute approximate surface area is 329 Å². The van der Waals surface area contributed by atoms with Gasteiger partial charge in [-0.2, -0.15) is 11.8 Å². The van der Waals surface area contributed by atoms with Crippen molar-refractivity contribution >= 4 is 35.5 Å². The van der Waals surface area contributed by atoms with Gasteiger partial charge in [-0.15, -0.1) is 0 Å². The van der Waals surface area contributed by atoms with E-state index in [4.69, 9.17) is 29.4 Å². The summed E-state index contributed by atoms with van der Waals surface area (Å²) in [6.45, 7) is 8.59. The monoisotopic (exact) mass is 796 g/mol. The Morgan fingerprint density at radius 3 is 2.02 bits per heavy atom. The maximum absolute atomic E-state index is 12.8. The molecule has 0 spiro atoms. The normalized spacial score (nSPS) is 19.3. The number of carbonyl (C=O) groups is 4. The third-order valence-electron chi connectivity index (χ3n) is 9.01. The predicted octanol–water partition coefficient (Wildman–Crippen LogP) is 0.489.